The van der Waals surface area contributed by atoms with Crippen LogP contribution in [-0.4, -0.2) is 31.9 Å². The first-order valence-electron chi connectivity index (χ1n) is 12.7. The van der Waals surface area contributed by atoms with Crippen molar-refractivity contribution in [1.29, 1.82) is 0 Å². The van der Waals surface area contributed by atoms with Crippen LogP contribution in [0.25, 0.3) is 0 Å². The van der Waals surface area contributed by atoms with Gasteiger partial charge in [0.05, 0.1) is 17.1 Å². The average Bonchev–Trinajstić information content (AvgIpc) is 2.92. The van der Waals surface area contributed by atoms with Gasteiger partial charge in [-0.15, -0.1) is 0 Å². The largest absolute Gasteiger partial charge is 0.351 e. The number of thioether (sulfide) groups is 1. The first-order valence-corrected chi connectivity index (χ1v) is 15.5. The Labute approximate surface area is 229 Å². The molecule has 1 saturated carbocycles. The van der Waals surface area contributed by atoms with Crippen LogP contribution in [0.15, 0.2) is 77.7 Å². The summed E-state index contributed by atoms with van der Waals surface area (Å²) in [5.41, 5.74) is 2.64. The van der Waals surface area contributed by atoms with E-state index in [-0.39, 0.29) is 17.3 Å². The Morgan fingerprint density at radius 1 is 1.00 bits per heavy atom. The van der Waals surface area contributed by atoms with Crippen LogP contribution >= 0.6 is 23.4 Å². The van der Waals surface area contributed by atoms with Crippen molar-refractivity contribution in [3.05, 3.63) is 94.5 Å². The molecule has 1 aliphatic carbocycles. The Bertz CT molecular complexity index is 1290. The van der Waals surface area contributed by atoms with E-state index in [2.05, 4.69) is 5.32 Å². The molecule has 4 rings (SSSR count). The summed E-state index contributed by atoms with van der Waals surface area (Å²) in [6, 6.07) is 20.7. The van der Waals surface area contributed by atoms with Crippen LogP contribution in [-0.2, 0) is 16.6 Å². The molecule has 1 aliphatic rings. The SMILES string of the molecule is Cc1ccc(Cl)cc1N(Cc1ccc(C(=O)NCCSC2CCCCC2)cc1)S(=O)(=O)c1ccccc1. The molecule has 0 bridgehead atoms. The maximum atomic E-state index is 13.7. The molecule has 196 valence electrons. The molecule has 3 aromatic carbocycles. The molecule has 0 atom stereocenters. The van der Waals surface area contributed by atoms with E-state index >= 15 is 0 Å². The number of carbonyl (C=O) groups excluding carboxylic acids is 1. The van der Waals surface area contributed by atoms with Gasteiger partial charge < -0.3 is 5.32 Å². The van der Waals surface area contributed by atoms with Gasteiger partial charge in [0.2, 0.25) is 0 Å². The van der Waals surface area contributed by atoms with Gasteiger partial charge in [-0.3, -0.25) is 9.10 Å². The fourth-order valence-electron chi connectivity index (χ4n) is 4.52. The summed E-state index contributed by atoms with van der Waals surface area (Å²) in [6.07, 6.45) is 6.55. The minimum atomic E-state index is -3.85. The van der Waals surface area contributed by atoms with Crippen molar-refractivity contribution in [3.63, 3.8) is 0 Å². The molecular formula is C29H33ClN2O3S2. The molecule has 0 radical (unpaired) electrons. The molecule has 8 heteroatoms. The molecule has 0 unspecified atom stereocenters. The van der Waals surface area contributed by atoms with Crippen LogP contribution in [0, 0.1) is 6.92 Å². The van der Waals surface area contributed by atoms with Gasteiger partial charge in [-0.2, -0.15) is 11.8 Å². The molecule has 0 aromatic heterocycles. The average molecular weight is 557 g/mol. The predicted octanol–water partition coefficient (Wildman–Crippen LogP) is 6.84. The van der Waals surface area contributed by atoms with Crippen molar-refractivity contribution in [2.75, 3.05) is 16.6 Å². The fourth-order valence-corrected chi connectivity index (χ4v) is 7.44. The number of benzene rings is 3. The first-order chi connectivity index (χ1) is 17.8. The van der Waals surface area contributed by atoms with Gasteiger partial charge in [-0.25, -0.2) is 8.42 Å². The highest BCUT2D eigenvalue weighted by molar-refractivity contribution is 7.99. The van der Waals surface area contributed by atoms with Gasteiger partial charge in [-0.05, 0) is 67.3 Å². The number of hydrogen-bond donors (Lipinski definition) is 1. The zero-order chi connectivity index (χ0) is 26.3. The Morgan fingerprint density at radius 2 is 1.70 bits per heavy atom. The molecule has 1 amide bonds. The second-order valence-electron chi connectivity index (χ2n) is 9.34. The molecular weight excluding hydrogens is 524 g/mol. The van der Waals surface area contributed by atoms with E-state index in [0.29, 0.717) is 22.8 Å². The Morgan fingerprint density at radius 3 is 2.41 bits per heavy atom. The third kappa shape index (κ3) is 7.30. The van der Waals surface area contributed by atoms with Gasteiger partial charge in [-0.1, -0.05) is 67.3 Å². The number of aryl methyl sites for hydroxylation is 1. The zero-order valence-corrected chi connectivity index (χ0v) is 23.4. The highest BCUT2D eigenvalue weighted by atomic mass is 35.5. The zero-order valence-electron chi connectivity index (χ0n) is 21.0. The molecule has 0 heterocycles. The molecule has 0 saturated heterocycles. The number of carbonyl (C=O) groups is 1. The lowest BCUT2D eigenvalue weighted by Gasteiger charge is -2.26. The molecule has 3 aromatic rings. The lowest BCUT2D eigenvalue weighted by molar-refractivity contribution is 0.0956. The summed E-state index contributed by atoms with van der Waals surface area (Å²) < 4.78 is 28.7. The Kier molecular flexibility index (Phi) is 9.57. The maximum Gasteiger partial charge on any atom is 0.264 e. The van der Waals surface area contributed by atoms with E-state index in [0.717, 1.165) is 22.1 Å². The third-order valence-corrected chi connectivity index (χ3v) is 10.00. The molecule has 0 aliphatic heterocycles. The summed E-state index contributed by atoms with van der Waals surface area (Å²) in [5, 5.41) is 4.19. The molecule has 37 heavy (non-hydrogen) atoms. The normalized spacial score (nSPS) is 14.3. The summed E-state index contributed by atoms with van der Waals surface area (Å²) in [4.78, 5) is 12.8. The Balaban J connectivity index is 1.46. The van der Waals surface area contributed by atoms with E-state index in [1.54, 1.807) is 66.7 Å². The monoisotopic (exact) mass is 556 g/mol. The van der Waals surface area contributed by atoms with E-state index in [9.17, 15) is 13.2 Å². The quantitative estimate of drug-likeness (QED) is 0.278. The number of hydrogen-bond acceptors (Lipinski definition) is 4. The number of nitrogens with one attached hydrogen (secondary N) is 1. The van der Waals surface area contributed by atoms with Crippen LogP contribution in [0.3, 0.4) is 0 Å². The summed E-state index contributed by atoms with van der Waals surface area (Å²) in [6.45, 7) is 2.61. The van der Waals surface area contributed by atoms with Crippen molar-refractivity contribution in [3.8, 4) is 0 Å². The van der Waals surface area contributed by atoms with E-state index in [4.69, 9.17) is 11.6 Å². The summed E-state index contributed by atoms with van der Waals surface area (Å²) in [5.74, 6) is 0.801. The first kappa shape index (κ1) is 27.6. The Hall–Kier alpha value is -2.48. The number of amides is 1. The van der Waals surface area contributed by atoms with Gasteiger partial charge in [0.15, 0.2) is 0 Å². The van der Waals surface area contributed by atoms with Crippen molar-refractivity contribution < 1.29 is 13.2 Å². The van der Waals surface area contributed by atoms with Crippen molar-refractivity contribution in [1.82, 2.24) is 5.32 Å². The number of rotatable bonds is 10. The van der Waals surface area contributed by atoms with Gasteiger partial charge in [0.25, 0.3) is 15.9 Å². The van der Waals surface area contributed by atoms with Gasteiger partial charge in [0, 0.05) is 28.1 Å². The fraction of sp³-hybridized carbons (Fsp3) is 0.345. The highest BCUT2D eigenvalue weighted by Gasteiger charge is 2.26. The second kappa shape index (κ2) is 12.9. The molecule has 0 spiro atoms. The smallest absolute Gasteiger partial charge is 0.264 e. The predicted molar refractivity (Wildman–Crippen MR) is 154 cm³/mol. The molecule has 5 nitrogen and oxygen atoms in total. The van der Waals surface area contributed by atoms with E-state index in [1.807, 2.05) is 24.8 Å². The number of nitrogens with zero attached hydrogens (tertiary/aromatic N) is 1. The molecule has 1 N–H and O–H groups in total. The third-order valence-electron chi connectivity index (χ3n) is 6.61. The van der Waals surface area contributed by atoms with E-state index < -0.39 is 10.0 Å². The highest BCUT2D eigenvalue weighted by Crippen LogP contribution is 2.31. The van der Waals surface area contributed by atoms with Gasteiger partial charge in [0.1, 0.15) is 0 Å². The van der Waals surface area contributed by atoms with Crippen LogP contribution in [0.2, 0.25) is 5.02 Å². The maximum absolute atomic E-state index is 13.7. The van der Waals surface area contributed by atoms with Crippen LogP contribution < -0.4 is 9.62 Å². The number of halogens is 1. The van der Waals surface area contributed by atoms with Crippen molar-refractivity contribution in [2.24, 2.45) is 0 Å². The summed E-state index contributed by atoms with van der Waals surface area (Å²) >= 11 is 8.20. The van der Waals surface area contributed by atoms with Gasteiger partial charge >= 0.3 is 0 Å². The van der Waals surface area contributed by atoms with E-state index in [1.165, 1.54) is 36.4 Å². The van der Waals surface area contributed by atoms with Crippen LogP contribution in [0.1, 0.15) is 53.6 Å². The van der Waals surface area contributed by atoms with Crippen molar-refractivity contribution in [2.45, 2.75) is 55.7 Å². The summed E-state index contributed by atoms with van der Waals surface area (Å²) in [7, 11) is -3.85. The molecule has 1 fully saturated rings. The second-order valence-corrected chi connectivity index (χ2v) is 13.0. The standard InChI is InChI=1S/C29H33ClN2O3S2/c1-22-12-17-25(30)20-28(22)32(37(34,35)27-10-6-3-7-11-27)21-23-13-15-24(16-14-23)29(33)31-18-19-36-26-8-4-2-5-9-26/h3,6-7,10-17,20,26H,2,4-5,8-9,18-19,21H2,1H3,(H,31,33). The number of sulfonamides is 1. The lowest BCUT2D eigenvalue weighted by atomic mass is 10.0. The lowest BCUT2D eigenvalue weighted by Crippen LogP contribution is -2.31. The van der Waals surface area contributed by atoms with Crippen LogP contribution in [0.5, 0.6) is 0 Å². The van der Waals surface area contributed by atoms with Crippen LogP contribution in [0.4, 0.5) is 5.69 Å². The number of anilines is 1. The minimum Gasteiger partial charge on any atom is -0.351 e. The topological polar surface area (TPSA) is 66.5 Å². The minimum absolute atomic E-state index is 0.109. The van der Waals surface area contributed by atoms with Crippen molar-refractivity contribution >= 4 is 45.0 Å².